The molecule has 0 spiro atoms. The lowest BCUT2D eigenvalue weighted by molar-refractivity contribution is -0.118. The monoisotopic (exact) mass is 372 g/mol. The zero-order chi connectivity index (χ0) is 19.1. The Kier molecular flexibility index (Phi) is 3.83. The molecule has 2 aromatic carbocycles. The number of hydrogen-bond acceptors (Lipinski definition) is 3. The molecule has 5 heteroatoms. The Hall–Kier alpha value is -3.34. The first-order valence-electron chi connectivity index (χ1n) is 9.51. The van der Waals surface area contributed by atoms with Crippen LogP contribution < -0.4 is 10.2 Å². The Morgan fingerprint density at radius 2 is 1.86 bits per heavy atom. The highest BCUT2D eigenvalue weighted by Crippen LogP contribution is 2.49. The number of rotatable bonds is 4. The van der Waals surface area contributed by atoms with E-state index < -0.39 is 5.41 Å². The SMILES string of the molecule is O=C(c1ccoc1)N1CCc2cc(NC(=O)C3(c4ccccc4)CC3)ccc21. The van der Waals surface area contributed by atoms with Gasteiger partial charge in [-0.3, -0.25) is 9.59 Å². The summed E-state index contributed by atoms with van der Waals surface area (Å²) in [7, 11) is 0. The van der Waals surface area contributed by atoms with Crippen molar-refractivity contribution in [2.45, 2.75) is 24.7 Å². The van der Waals surface area contributed by atoms with Gasteiger partial charge < -0.3 is 14.6 Å². The quantitative estimate of drug-likeness (QED) is 0.748. The van der Waals surface area contributed by atoms with E-state index >= 15 is 0 Å². The normalized spacial score (nSPS) is 16.5. The first-order chi connectivity index (χ1) is 13.7. The Balaban J connectivity index is 1.35. The van der Waals surface area contributed by atoms with Gasteiger partial charge in [0.2, 0.25) is 5.91 Å². The highest BCUT2D eigenvalue weighted by Gasteiger charge is 2.51. The summed E-state index contributed by atoms with van der Waals surface area (Å²) >= 11 is 0. The van der Waals surface area contributed by atoms with Crippen LogP contribution in [0.15, 0.2) is 71.5 Å². The number of carbonyl (C=O) groups excluding carboxylic acids is 2. The van der Waals surface area contributed by atoms with E-state index in [9.17, 15) is 9.59 Å². The molecule has 28 heavy (non-hydrogen) atoms. The van der Waals surface area contributed by atoms with Crippen molar-refractivity contribution < 1.29 is 14.0 Å². The van der Waals surface area contributed by atoms with Gasteiger partial charge >= 0.3 is 0 Å². The maximum absolute atomic E-state index is 12.9. The molecule has 140 valence electrons. The van der Waals surface area contributed by atoms with Crippen LogP contribution in [0.25, 0.3) is 0 Å². The van der Waals surface area contributed by atoms with Crippen molar-refractivity contribution in [3.05, 3.63) is 83.8 Å². The van der Waals surface area contributed by atoms with Gasteiger partial charge in [-0.2, -0.15) is 0 Å². The van der Waals surface area contributed by atoms with Gasteiger partial charge in [0, 0.05) is 17.9 Å². The molecule has 0 radical (unpaired) electrons. The van der Waals surface area contributed by atoms with E-state index in [0.717, 1.165) is 41.8 Å². The predicted octanol–water partition coefficient (Wildman–Crippen LogP) is 4.15. The fourth-order valence-corrected chi connectivity index (χ4v) is 4.01. The van der Waals surface area contributed by atoms with Gasteiger partial charge in [-0.05, 0) is 54.7 Å². The van der Waals surface area contributed by atoms with E-state index in [1.54, 1.807) is 11.0 Å². The first kappa shape index (κ1) is 16.8. The molecule has 1 N–H and O–H groups in total. The minimum absolute atomic E-state index is 0.0444. The summed E-state index contributed by atoms with van der Waals surface area (Å²) in [6.45, 7) is 0.630. The van der Waals surface area contributed by atoms with Crippen LogP contribution in [0.5, 0.6) is 0 Å². The summed E-state index contributed by atoms with van der Waals surface area (Å²) in [5.41, 5.74) is 3.97. The number of nitrogens with one attached hydrogen (secondary N) is 1. The Labute approximate surface area is 163 Å². The minimum atomic E-state index is -0.399. The van der Waals surface area contributed by atoms with E-state index in [2.05, 4.69) is 5.32 Å². The fourth-order valence-electron chi connectivity index (χ4n) is 4.01. The third-order valence-electron chi connectivity index (χ3n) is 5.76. The summed E-state index contributed by atoms with van der Waals surface area (Å²) < 4.78 is 5.03. The van der Waals surface area contributed by atoms with Gasteiger partial charge in [0.15, 0.2) is 0 Å². The Bertz CT molecular complexity index is 1040. The van der Waals surface area contributed by atoms with Crippen LogP contribution in [0.3, 0.4) is 0 Å². The highest BCUT2D eigenvalue weighted by molar-refractivity contribution is 6.07. The van der Waals surface area contributed by atoms with E-state index in [-0.39, 0.29) is 11.8 Å². The Morgan fingerprint density at radius 1 is 1.04 bits per heavy atom. The number of hydrogen-bond donors (Lipinski definition) is 1. The molecule has 2 heterocycles. The van der Waals surface area contributed by atoms with Crippen LogP contribution in [0.1, 0.15) is 34.3 Å². The topological polar surface area (TPSA) is 62.6 Å². The molecule has 2 aliphatic rings. The molecule has 0 bridgehead atoms. The highest BCUT2D eigenvalue weighted by atomic mass is 16.3. The van der Waals surface area contributed by atoms with E-state index in [4.69, 9.17) is 4.42 Å². The number of amides is 2. The van der Waals surface area contributed by atoms with Crippen LogP contribution in [0, 0.1) is 0 Å². The van der Waals surface area contributed by atoms with Crippen molar-refractivity contribution in [2.24, 2.45) is 0 Å². The molecule has 1 fully saturated rings. The summed E-state index contributed by atoms with van der Waals surface area (Å²) in [5.74, 6) is -0.0201. The smallest absolute Gasteiger partial charge is 0.261 e. The van der Waals surface area contributed by atoms with Gasteiger partial charge in [0.05, 0.1) is 17.2 Å². The van der Waals surface area contributed by atoms with Gasteiger partial charge in [-0.1, -0.05) is 30.3 Å². The minimum Gasteiger partial charge on any atom is -0.472 e. The van der Waals surface area contributed by atoms with Crippen molar-refractivity contribution in [3.8, 4) is 0 Å². The number of furan rings is 1. The number of anilines is 2. The largest absolute Gasteiger partial charge is 0.472 e. The molecule has 5 rings (SSSR count). The molecule has 1 aromatic heterocycles. The first-order valence-corrected chi connectivity index (χ1v) is 9.51. The molecular formula is C23H20N2O3. The summed E-state index contributed by atoms with van der Waals surface area (Å²) in [6, 6.07) is 17.4. The summed E-state index contributed by atoms with van der Waals surface area (Å²) in [5, 5.41) is 3.09. The molecular weight excluding hydrogens is 352 g/mol. The van der Waals surface area contributed by atoms with Crippen LogP contribution in [-0.4, -0.2) is 18.4 Å². The lowest BCUT2D eigenvalue weighted by Gasteiger charge is -2.18. The van der Waals surface area contributed by atoms with Gasteiger partial charge in [0.1, 0.15) is 6.26 Å². The van der Waals surface area contributed by atoms with E-state index in [1.165, 1.54) is 12.5 Å². The van der Waals surface area contributed by atoms with Gasteiger partial charge in [-0.25, -0.2) is 0 Å². The number of fused-ring (bicyclic) bond motifs is 1. The van der Waals surface area contributed by atoms with E-state index in [0.29, 0.717) is 12.1 Å². The predicted molar refractivity (Wildman–Crippen MR) is 107 cm³/mol. The van der Waals surface area contributed by atoms with Crippen LogP contribution >= 0.6 is 0 Å². The lowest BCUT2D eigenvalue weighted by atomic mass is 9.95. The molecule has 1 saturated carbocycles. The molecule has 5 nitrogen and oxygen atoms in total. The van der Waals surface area contributed by atoms with Crippen molar-refractivity contribution in [3.63, 3.8) is 0 Å². The van der Waals surface area contributed by atoms with Crippen LogP contribution in [0.2, 0.25) is 0 Å². The molecule has 0 unspecified atom stereocenters. The third-order valence-corrected chi connectivity index (χ3v) is 5.76. The Morgan fingerprint density at radius 3 is 2.57 bits per heavy atom. The van der Waals surface area contributed by atoms with E-state index in [1.807, 2.05) is 48.5 Å². The molecule has 0 atom stereocenters. The number of benzene rings is 2. The van der Waals surface area contributed by atoms with Crippen LogP contribution in [0.4, 0.5) is 11.4 Å². The van der Waals surface area contributed by atoms with Crippen LogP contribution in [-0.2, 0) is 16.6 Å². The molecule has 1 aliphatic carbocycles. The fraction of sp³-hybridized carbons (Fsp3) is 0.217. The molecule has 3 aromatic rings. The average Bonchev–Trinajstić information content (AvgIpc) is 3.16. The number of nitrogens with zero attached hydrogens (tertiary/aromatic N) is 1. The van der Waals surface area contributed by atoms with Gasteiger partial charge in [0.25, 0.3) is 5.91 Å². The molecule has 2 amide bonds. The standard InChI is InChI=1S/C23H20N2O3/c26-21(17-9-13-28-15-17)25-12-8-16-14-19(6-7-20(16)25)24-22(27)23(10-11-23)18-4-2-1-3-5-18/h1-7,9,13-15H,8,10-12H2,(H,24,27). The van der Waals surface area contributed by atoms with Crippen molar-refractivity contribution >= 4 is 23.2 Å². The summed E-state index contributed by atoms with van der Waals surface area (Å²) in [6.07, 6.45) is 5.49. The maximum Gasteiger partial charge on any atom is 0.261 e. The summed E-state index contributed by atoms with van der Waals surface area (Å²) in [4.78, 5) is 27.3. The van der Waals surface area contributed by atoms with Crippen molar-refractivity contribution in [2.75, 3.05) is 16.8 Å². The average molecular weight is 372 g/mol. The van der Waals surface area contributed by atoms with Gasteiger partial charge in [-0.15, -0.1) is 0 Å². The molecule has 0 saturated heterocycles. The van der Waals surface area contributed by atoms with Crippen molar-refractivity contribution in [1.82, 2.24) is 0 Å². The third kappa shape index (κ3) is 2.71. The second-order valence-corrected chi connectivity index (χ2v) is 7.46. The number of carbonyl (C=O) groups is 2. The second kappa shape index (κ2) is 6.37. The maximum atomic E-state index is 12.9. The lowest BCUT2D eigenvalue weighted by Crippen LogP contribution is -2.28. The zero-order valence-electron chi connectivity index (χ0n) is 15.4. The molecule has 1 aliphatic heterocycles. The van der Waals surface area contributed by atoms with Crippen molar-refractivity contribution in [1.29, 1.82) is 0 Å². The second-order valence-electron chi connectivity index (χ2n) is 7.46. The zero-order valence-corrected chi connectivity index (χ0v) is 15.4.